The molecule has 0 fully saturated rings. The van der Waals surface area contributed by atoms with Crippen molar-refractivity contribution in [1.82, 2.24) is 15.1 Å². The first-order chi connectivity index (χ1) is 9.17. The van der Waals surface area contributed by atoms with Crippen molar-refractivity contribution in [2.45, 2.75) is 39.3 Å². The molecule has 0 radical (unpaired) electrons. The van der Waals surface area contributed by atoms with E-state index in [-0.39, 0.29) is 23.8 Å². The van der Waals surface area contributed by atoms with Crippen molar-refractivity contribution in [1.29, 1.82) is 0 Å². The minimum absolute atomic E-state index is 0.00164. The zero-order chi connectivity index (χ0) is 15.5. The van der Waals surface area contributed by atoms with Gasteiger partial charge in [0.05, 0.1) is 11.4 Å². The van der Waals surface area contributed by atoms with Crippen LogP contribution in [0.3, 0.4) is 0 Å². The molecule has 0 aliphatic heterocycles. The lowest BCUT2D eigenvalue weighted by Gasteiger charge is -2.22. The lowest BCUT2D eigenvalue weighted by atomic mass is 10.1. The summed E-state index contributed by atoms with van der Waals surface area (Å²) in [6.45, 7) is 4.09. The summed E-state index contributed by atoms with van der Waals surface area (Å²) in [6, 6.07) is 0. The van der Waals surface area contributed by atoms with Crippen LogP contribution in [0.4, 0.5) is 18.9 Å². The van der Waals surface area contributed by atoms with E-state index in [0.717, 1.165) is 4.90 Å². The quantitative estimate of drug-likeness (QED) is 0.875. The number of aromatic amines is 1. The lowest BCUT2D eigenvalue weighted by molar-refractivity contribution is -0.140. The van der Waals surface area contributed by atoms with Crippen LogP contribution in [-0.2, 0) is 0 Å². The summed E-state index contributed by atoms with van der Waals surface area (Å²) in [5.74, 6) is -0.795. The molecule has 0 bridgehead atoms. The Morgan fingerprint density at radius 3 is 2.45 bits per heavy atom. The lowest BCUT2D eigenvalue weighted by Crippen LogP contribution is -2.39. The molecule has 0 unspecified atom stereocenters. The van der Waals surface area contributed by atoms with E-state index >= 15 is 0 Å². The van der Waals surface area contributed by atoms with Gasteiger partial charge in [-0.3, -0.25) is 9.89 Å². The number of nitrogens with two attached hydrogens (primary N) is 1. The van der Waals surface area contributed by atoms with Gasteiger partial charge in [-0.15, -0.1) is 0 Å². The monoisotopic (exact) mass is 292 g/mol. The molecule has 0 aliphatic carbocycles. The van der Waals surface area contributed by atoms with E-state index in [1.165, 1.54) is 0 Å². The topological polar surface area (TPSA) is 75.0 Å². The molecule has 1 amide bonds. The maximum Gasteiger partial charge on any atom is 0.406 e. The van der Waals surface area contributed by atoms with Crippen molar-refractivity contribution < 1.29 is 18.0 Å². The van der Waals surface area contributed by atoms with E-state index in [0.29, 0.717) is 12.1 Å². The maximum absolute atomic E-state index is 12.5. The Hall–Kier alpha value is -1.73. The fraction of sp³-hybridized carbons (Fsp3) is 0.667. The number of aromatic nitrogens is 2. The third-order valence-corrected chi connectivity index (χ3v) is 2.76. The van der Waals surface area contributed by atoms with Gasteiger partial charge in [-0.2, -0.15) is 18.3 Å². The number of rotatable bonds is 5. The SMILES string of the molecule is CCCN(CC(F)(F)F)C(=O)c1n[nH]c(C(C)C)c1N. The molecule has 1 aromatic rings. The number of anilines is 1. The number of hydrogen-bond acceptors (Lipinski definition) is 3. The largest absolute Gasteiger partial charge is 0.406 e. The van der Waals surface area contributed by atoms with Gasteiger partial charge in [-0.05, 0) is 12.3 Å². The summed E-state index contributed by atoms with van der Waals surface area (Å²) in [7, 11) is 0. The van der Waals surface area contributed by atoms with Crippen molar-refractivity contribution in [3.63, 3.8) is 0 Å². The highest BCUT2D eigenvalue weighted by Gasteiger charge is 2.34. The Balaban J connectivity index is 3.01. The number of carbonyl (C=O) groups excluding carboxylic acids is 1. The predicted molar refractivity (Wildman–Crippen MR) is 69.3 cm³/mol. The highest BCUT2D eigenvalue weighted by molar-refractivity contribution is 5.97. The average Bonchev–Trinajstić information content (AvgIpc) is 2.68. The number of nitrogen functional groups attached to an aromatic ring is 1. The Morgan fingerprint density at radius 1 is 1.45 bits per heavy atom. The van der Waals surface area contributed by atoms with Gasteiger partial charge in [0.1, 0.15) is 6.54 Å². The Morgan fingerprint density at radius 2 is 2.05 bits per heavy atom. The second-order valence-corrected chi connectivity index (χ2v) is 4.90. The van der Waals surface area contributed by atoms with Crippen molar-refractivity contribution in [2.75, 3.05) is 18.8 Å². The molecule has 1 heterocycles. The first kappa shape index (κ1) is 16.3. The molecule has 0 saturated carbocycles. The van der Waals surface area contributed by atoms with Crippen LogP contribution < -0.4 is 5.73 Å². The summed E-state index contributed by atoms with van der Waals surface area (Å²) >= 11 is 0. The zero-order valence-corrected chi connectivity index (χ0v) is 11.7. The maximum atomic E-state index is 12.5. The summed E-state index contributed by atoms with van der Waals surface area (Å²) in [5, 5.41) is 6.37. The molecule has 0 spiro atoms. The van der Waals surface area contributed by atoms with Crippen LogP contribution in [0.1, 0.15) is 49.3 Å². The number of H-pyrrole nitrogens is 1. The number of carbonyl (C=O) groups is 1. The van der Waals surface area contributed by atoms with E-state index < -0.39 is 18.6 Å². The summed E-state index contributed by atoms with van der Waals surface area (Å²) in [5.41, 5.74) is 6.30. The second kappa shape index (κ2) is 6.15. The molecule has 0 atom stereocenters. The van der Waals surface area contributed by atoms with E-state index in [2.05, 4.69) is 10.2 Å². The van der Waals surface area contributed by atoms with Crippen LogP contribution in [0, 0.1) is 0 Å². The smallest absolute Gasteiger partial charge is 0.395 e. The Bertz CT molecular complexity index is 468. The highest BCUT2D eigenvalue weighted by Crippen LogP contribution is 2.24. The van der Waals surface area contributed by atoms with E-state index in [9.17, 15) is 18.0 Å². The van der Waals surface area contributed by atoms with Crippen LogP contribution in [0.25, 0.3) is 0 Å². The van der Waals surface area contributed by atoms with Crippen LogP contribution >= 0.6 is 0 Å². The van der Waals surface area contributed by atoms with Gasteiger partial charge in [-0.1, -0.05) is 20.8 Å². The number of amides is 1. The first-order valence-electron chi connectivity index (χ1n) is 6.37. The molecule has 1 rings (SSSR count). The van der Waals surface area contributed by atoms with Crippen molar-refractivity contribution in [3.8, 4) is 0 Å². The third kappa shape index (κ3) is 3.88. The predicted octanol–water partition coefficient (Wildman–Crippen LogP) is 2.53. The Labute approximate surface area is 115 Å². The van der Waals surface area contributed by atoms with Gasteiger partial charge < -0.3 is 10.6 Å². The molecule has 20 heavy (non-hydrogen) atoms. The molecule has 5 nitrogen and oxygen atoms in total. The minimum atomic E-state index is -4.45. The summed E-state index contributed by atoms with van der Waals surface area (Å²) in [6.07, 6.45) is -4.03. The van der Waals surface area contributed by atoms with Crippen LogP contribution in [0.5, 0.6) is 0 Å². The van der Waals surface area contributed by atoms with Gasteiger partial charge in [0.15, 0.2) is 5.69 Å². The molecular weight excluding hydrogens is 273 g/mol. The number of hydrogen-bond donors (Lipinski definition) is 2. The normalized spacial score (nSPS) is 11.9. The molecule has 0 aromatic carbocycles. The van der Waals surface area contributed by atoms with Gasteiger partial charge >= 0.3 is 6.18 Å². The molecular formula is C12H19F3N4O. The van der Waals surface area contributed by atoms with E-state index in [4.69, 9.17) is 5.73 Å². The number of nitrogens with one attached hydrogen (secondary N) is 1. The van der Waals surface area contributed by atoms with E-state index in [1.807, 2.05) is 13.8 Å². The van der Waals surface area contributed by atoms with Crippen LogP contribution in [-0.4, -0.2) is 40.3 Å². The van der Waals surface area contributed by atoms with Crippen molar-refractivity contribution in [2.24, 2.45) is 0 Å². The molecule has 1 aromatic heterocycles. The standard InChI is InChI=1S/C12H19F3N4O/c1-4-5-19(6-12(13,14)15)11(20)10-8(16)9(7(2)3)17-18-10/h7H,4-6,16H2,1-3H3,(H,17,18). The number of halogens is 3. The average molecular weight is 292 g/mol. The van der Waals surface area contributed by atoms with Crippen LogP contribution in [0.15, 0.2) is 0 Å². The molecule has 0 aliphatic rings. The molecule has 3 N–H and O–H groups in total. The van der Waals surface area contributed by atoms with Crippen molar-refractivity contribution in [3.05, 3.63) is 11.4 Å². The first-order valence-corrected chi connectivity index (χ1v) is 6.37. The number of alkyl halides is 3. The van der Waals surface area contributed by atoms with Gasteiger partial charge in [0.25, 0.3) is 5.91 Å². The molecule has 0 saturated heterocycles. The molecule has 114 valence electrons. The minimum Gasteiger partial charge on any atom is -0.395 e. The van der Waals surface area contributed by atoms with Gasteiger partial charge in [-0.25, -0.2) is 0 Å². The fourth-order valence-corrected chi connectivity index (χ4v) is 1.86. The fourth-order valence-electron chi connectivity index (χ4n) is 1.86. The van der Waals surface area contributed by atoms with Crippen LogP contribution in [0.2, 0.25) is 0 Å². The number of nitrogens with zero attached hydrogens (tertiary/aromatic N) is 2. The van der Waals surface area contributed by atoms with E-state index in [1.54, 1.807) is 6.92 Å². The summed E-state index contributed by atoms with van der Waals surface area (Å²) < 4.78 is 37.5. The van der Waals surface area contributed by atoms with Gasteiger partial charge in [0.2, 0.25) is 0 Å². The summed E-state index contributed by atoms with van der Waals surface area (Å²) in [4.78, 5) is 12.9. The Kier molecular flexibility index (Phi) is 5.02. The van der Waals surface area contributed by atoms with Crippen molar-refractivity contribution >= 4 is 11.6 Å². The zero-order valence-electron chi connectivity index (χ0n) is 11.7. The highest BCUT2D eigenvalue weighted by atomic mass is 19.4. The second-order valence-electron chi connectivity index (χ2n) is 4.90. The molecule has 8 heteroatoms. The third-order valence-electron chi connectivity index (χ3n) is 2.76. The van der Waals surface area contributed by atoms with Gasteiger partial charge in [0, 0.05) is 6.54 Å².